The van der Waals surface area contributed by atoms with Crippen molar-refractivity contribution >= 4 is 12.1 Å². The molecule has 0 atom stereocenters. The van der Waals surface area contributed by atoms with Crippen molar-refractivity contribution < 1.29 is 24.2 Å². The normalized spacial score (nSPS) is 11.0. The molecule has 0 radical (unpaired) electrons. The van der Waals surface area contributed by atoms with E-state index in [1.54, 1.807) is 20.8 Å². The molecule has 0 unspecified atom stereocenters. The number of hydrogen-bond donors (Lipinski definition) is 2. The van der Waals surface area contributed by atoms with Crippen LogP contribution in [-0.2, 0) is 17.9 Å². The Morgan fingerprint density at radius 3 is 2.54 bits per heavy atom. The second kappa shape index (κ2) is 8.37. The smallest absolute Gasteiger partial charge is 0.407 e. The van der Waals surface area contributed by atoms with E-state index in [1.807, 2.05) is 30.3 Å². The van der Waals surface area contributed by atoms with Crippen LogP contribution in [-0.4, -0.2) is 39.1 Å². The number of carboxylic acids is 1. The molecule has 140 valence electrons. The minimum Gasteiger partial charge on any atom is -0.477 e. The Hall–Kier alpha value is -3.03. The first-order valence-electron chi connectivity index (χ1n) is 8.19. The summed E-state index contributed by atoms with van der Waals surface area (Å²) in [5.41, 5.74) is 0.338. The Bertz CT molecular complexity index is 750. The van der Waals surface area contributed by atoms with Crippen LogP contribution in [0.3, 0.4) is 0 Å². The predicted octanol–water partition coefficient (Wildman–Crippen LogP) is 2.69. The van der Waals surface area contributed by atoms with Crippen LogP contribution in [0.15, 0.2) is 36.4 Å². The minimum atomic E-state index is -1.12. The first kappa shape index (κ1) is 19.3. The highest BCUT2D eigenvalue weighted by Crippen LogP contribution is 2.14. The maximum absolute atomic E-state index is 11.6. The van der Waals surface area contributed by atoms with Gasteiger partial charge in [0.05, 0.1) is 6.54 Å². The van der Waals surface area contributed by atoms with Crippen LogP contribution in [0, 0.1) is 0 Å². The van der Waals surface area contributed by atoms with E-state index in [1.165, 1.54) is 10.7 Å². The van der Waals surface area contributed by atoms with Gasteiger partial charge in [0.2, 0.25) is 5.88 Å². The van der Waals surface area contributed by atoms with Gasteiger partial charge in [0.15, 0.2) is 0 Å². The summed E-state index contributed by atoms with van der Waals surface area (Å²) in [5, 5.41) is 16.0. The van der Waals surface area contributed by atoms with Crippen LogP contribution in [0.1, 0.15) is 36.8 Å². The zero-order chi connectivity index (χ0) is 19.2. The first-order chi connectivity index (χ1) is 12.2. The summed E-state index contributed by atoms with van der Waals surface area (Å²) in [6.07, 6.45) is -0.568. The van der Waals surface area contributed by atoms with Gasteiger partial charge in [0.25, 0.3) is 0 Å². The fourth-order valence-corrected chi connectivity index (χ4v) is 2.12. The molecule has 2 N–H and O–H groups in total. The van der Waals surface area contributed by atoms with Gasteiger partial charge < -0.3 is 19.9 Å². The quantitative estimate of drug-likeness (QED) is 0.786. The number of carbonyl (C=O) groups is 2. The van der Waals surface area contributed by atoms with E-state index in [-0.39, 0.29) is 31.3 Å². The molecule has 1 aromatic carbocycles. The highest BCUT2D eigenvalue weighted by Gasteiger charge is 2.17. The fourth-order valence-electron chi connectivity index (χ4n) is 2.12. The summed E-state index contributed by atoms with van der Waals surface area (Å²) in [5.74, 6) is -0.909. The van der Waals surface area contributed by atoms with Crippen LogP contribution in [0.4, 0.5) is 4.79 Å². The van der Waals surface area contributed by atoms with Gasteiger partial charge in [-0.1, -0.05) is 30.3 Å². The number of rotatable bonds is 7. The van der Waals surface area contributed by atoms with Crippen molar-refractivity contribution in [2.75, 3.05) is 6.54 Å². The van der Waals surface area contributed by atoms with Gasteiger partial charge in [-0.2, -0.15) is 0 Å². The molecule has 1 heterocycles. The Kier molecular flexibility index (Phi) is 6.21. The summed E-state index contributed by atoms with van der Waals surface area (Å²) >= 11 is 0. The van der Waals surface area contributed by atoms with Crippen LogP contribution >= 0.6 is 0 Å². The lowest BCUT2D eigenvalue weighted by molar-refractivity contribution is 0.0525. The molecule has 0 aliphatic rings. The summed E-state index contributed by atoms with van der Waals surface area (Å²) in [4.78, 5) is 23.0. The molecule has 0 saturated carbocycles. The van der Waals surface area contributed by atoms with E-state index in [2.05, 4.69) is 10.4 Å². The highest BCUT2D eigenvalue weighted by atomic mass is 16.6. The van der Waals surface area contributed by atoms with Crippen LogP contribution in [0.5, 0.6) is 5.88 Å². The Labute approximate surface area is 151 Å². The van der Waals surface area contributed by atoms with E-state index >= 15 is 0 Å². The van der Waals surface area contributed by atoms with Crippen molar-refractivity contribution in [2.45, 2.75) is 39.5 Å². The van der Waals surface area contributed by atoms with Gasteiger partial charge in [0.1, 0.15) is 17.9 Å². The highest BCUT2D eigenvalue weighted by molar-refractivity contribution is 5.86. The number of aromatic carboxylic acids is 1. The molecule has 0 aliphatic carbocycles. The van der Waals surface area contributed by atoms with Crippen molar-refractivity contribution in [3.05, 3.63) is 47.7 Å². The summed E-state index contributed by atoms with van der Waals surface area (Å²) < 4.78 is 12.0. The molecule has 1 aromatic heterocycles. The van der Waals surface area contributed by atoms with E-state index in [0.29, 0.717) is 0 Å². The molecule has 2 rings (SSSR count). The predicted molar refractivity (Wildman–Crippen MR) is 94.2 cm³/mol. The largest absolute Gasteiger partial charge is 0.477 e. The third-order valence-electron chi connectivity index (χ3n) is 3.20. The standard InChI is InChI=1S/C18H23N3O5/c1-18(2,3)26-17(24)19-9-10-21-14(16(22)23)11-15(20-21)25-12-13-7-5-4-6-8-13/h4-8,11H,9-10,12H2,1-3H3,(H,19,24)(H,22,23). The van der Waals surface area contributed by atoms with Gasteiger partial charge in [-0.05, 0) is 26.3 Å². The lowest BCUT2D eigenvalue weighted by Crippen LogP contribution is -2.34. The number of carbonyl (C=O) groups excluding carboxylic acids is 1. The van der Waals surface area contributed by atoms with Crippen molar-refractivity contribution in [2.24, 2.45) is 0 Å². The number of aromatic nitrogens is 2. The van der Waals surface area contributed by atoms with Crippen molar-refractivity contribution in [1.29, 1.82) is 0 Å². The van der Waals surface area contributed by atoms with Crippen molar-refractivity contribution in [1.82, 2.24) is 15.1 Å². The molecule has 8 heteroatoms. The van der Waals surface area contributed by atoms with Gasteiger partial charge in [-0.15, -0.1) is 5.10 Å². The monoisotopic (exact) mass is 361 g/mol. The Morgan fingerprint density at radius 1 is 1.23 bits per heavy atom. The lowest BCUT2D eigenvalue weighted by atomic mass is 10.2. The van der Waals surface area contributed by atoms with E-state index in [9.17, 15) is 14.7 Å². The number of nitrogens with one attached hydrogen (secondary N) is 1. The number of amides is 1. The minimum absolute atomic E-state index is 0.0148. The average Bonchev–Trinajstić information content (AvgIpc) is 2.96. The summed E-state index contributed by atoms with van der Waals surface area (Å²) in [6, 6.07) is 10.8. The zero-order valence-electron chi connectivity index (χ0n) is 15.1. The van der Waals surface area contributed by atoms with Crippen LogP contribution in [0.2, 0.25) is 0 Å². The molecule has 0 fully saturated rings. The zero-order valence-corrected chi connectivity index (χ0v) is 15.1. The summed E-state index contributed by atoms with van der Waals surface area (Å²) in [7, 11) is 0. The number of hydrogen-bond acceptors (Lipinski definition) is 5. The van der Waals surface area contributed by atoms with Crippen LogP contribution < -0.4 is 10.1 Å². The maximum atomic E-state index is 11.6. The third kappa shape index (κ3) is 6.12. The van der Waals surface area contributed by atoms with E-state index in [0.717, 1.165) is 5.56 Å². The molecule has 0 aliphatic heterocycles. The van der Waals surface area contributed by atoms with Gasteiger partial charge >= 0.3 is 12.1 Å². The summed E-state index contributed by atoms with van der Waals surface area (Å²) in [6.45, 7) is 5.93. The van der Waals surface area contributed by atoms with E-state index in [4.69, 9.17) is 9.47 Å². The number of nitrogens with zero attached hydrogens (tertiary/aromatic N) is 2. The van der Waals surface area contributed by atoms with Gasteiger partial charge in [-0.3, -0.25) is 4.68 Å². The average molecular weight is 361 g/mol. The first-order valence-corrected chi connectivity index (χ1v) is 8.19. The Morgan fingerprint density at radius 2 is 1.92 bits per heavy atom. The molecule has 8 nitrogen and oxygen atoms in total. The lowest BCUT2D eigenvalue weighted by Gasteiger charge is -2.19. The molecule has 0 saturated heterocycles. The fraction of sp³-hybridized carbons (Fsp3) is 0.389. The van der Waals surface area contributed by atoms with Gasteiger partial charge in [-0.25, -0.2) is 9.59 Å². The topological polar surface area (TPSA) is 103 Å². The molecule has 2 aromatic rings. The molecule has 26 heavy (non-hydrogen) atoms. The molecular formula is C18H23N3O5. The second-order valence-electron chi connectivity index (χ2n) is 6.60. The number of alkyl carbamates (subject to hydrolysis) is 1. The Balaban J connectivity index is 1.94. The SMILES string of the molecule is CC(C)(C)OC(=O)NCCn1nc(OCc2ccccc2)cc1C(=O)O. The maximum Gasteiger partial charge on any atom is 0.407 e. The molecular weight excluding hydrogens is 338 g/mol. The number of carboxylic acid groups (broad SMARTS) is 1. The van der Waals surface area contributed by atoms with Crippen molar-refractivity contribution in [3.8, 4) is 5.88 Å². The van der Waals surface area contributed by atoms with Crippen molar-refractivity contribution in [3.63, 3.8) is 0 Å². The van der Waals surface area contributed by atoms with E-state index < -0.39 is 17.7 Å². The molecule has 0 spiro atoms. The van der Waals surface area contributed by atoms with Gasteiger partial charge in [0, 0.05) is 12.6 Å². The number of ether oxygens (including phenoxy) is 2. The molecule has 0 bridgehead atoms. The molecule has 1 amide bonds. The second-order valence-corrected chi connectivity index (χ2v) is 6.60. The third-order valence-corrected chi connectivity index (χ3v) is 3.20. The van der Waals surface area contributed by atoms with Crippen LogP contribution in [0.25, 0.3) is 0 Å². The number of benzene rings is 1.